The lowest BCUT2D eigenvalue weighted by Crippen LogP contribution is -2.32. The number of hydrogen-bond acceptors (Lipinski definition) is 4. The van der Waals surface area contributed by atoms with Gasteiger partial charge in [0.25, 0.3) is 11.5 Å². The first-order chi connectivity index (χ1) is 12.7. The van der Waals surface area contributed by atoms with Crippen LogP contribution < -0.4 is 20.5 Å². The molecule has 0 aliphatic heterocycles. The summed E-state index contributed by atoms with van der Waals surface area (Å²) in [6.07, 6.45) is 1.48. The fourth-order valence-corrected chi connectivity index (χ4v) is 2.34. The summed E-state index contributed by atoms with van der Waals surface area (Å²) in [4.78, 5) is 30.3. The second kappa shape index (κ2) is 8.02. The maximum Gasteiger partial charge on any atom is 0.295 e. The number of nitrogens with one attached hydrogen (secondary N) is 1. The molecule has 0 radical (unpaired) electrons. The summed E-state index contributed by atoms with van der Waals surface area (Å²) in [5.41, 5.74) is 0.976. The van der Waals surface area contributed by atoms with Crippen molar-refractivity contribution in [1.29, 1.82) is 0 Å². The first kappa shape index (κ1) is 17.3. The molecular weight excluding hydrogens is 332 g/mol. The van der Waals surface area contributed by atoms with Crippen LogP contribution in [0.1, 0.15) is 15.9 Å². The van der Waals surface area contributed by atoms with Crippen molar-refractivity contribution >= 4 is 11.6 Å². The Balaban J connectivity index is 1.72. The van der Waals surface area contributed by atoms with Crippen molar-refractivity contribution in [2.75, 3.05) is 12.4 Å². The number of methoxy groups -OCH3 is 1. The smallest absolute Gasteiger partial charge is 0.295 e. The summed E-state index contributed by atoms with van der Waals surface area (Å²) >= 11 is 0. The fourth-order valence-electron chi connectivity index (χ4n) is 2.34. The molecule has 132 valence electrons. The van der Waals surface area contributed by atoms with E-state index < -0.39 is 11.5 Å². The van der Waals surface area contributed by atoms with Crippen LogP contribution in [0.5, 0.6) is 5.75 Å². The van der Waals surface area contributed by atoms with Gasteiger partial charge in [-0.15, -0.1) is 0 Å². The molecule has 1 heterocycles. The van der Waals surface area contributed by atoms with Crippen LogP contribution in [0.2, 0.25) is 0 Å². The number of aromatic nitrogens is 1. The van der Waals surface area contributed by atoms with Gasteiger partial charge in [0.15, 0.2) is 0 Å². The van der Waals surface area contributed by atoms with Crippen LogP contribution in [0.3, 0.4) is 0 Å². The average Bonchev–Trinajstić information content (AvgIpc) is 2.68. The van der Waals surface area contributed by atoms with E-state index in [9.17, 15) is 9.59 Å². The van der Waals surface area contributed by atoms with E-state index in [1.165, 1.54) is 12.3 Å². The lowest BCUT2D eigenvalue weighted by molar-refractivity contribution is 0.0863. The van der Waals surface area contributed by atoms with Crippen LogP contribution in [0.4, 0.5) is 5.69 Å². The number of carbonyl (C=O) groups is 1. The fraction of sp³-hybridized carbons (Fsp3) is 0.100. The Kier molecular flexibility index (Phi) is 5.34. The SMILES string of the molecule is COc1ccc(COn2cccc(C(=O)Nc3ccccc3)c2=O)cc1. The molecular formula is C20H18N2O4. The number of pyridine rings is 1. The highest BCUT2D eigenvalue weighted by Gasteiger charge is 2.13. The molecule has 2 aromatic carbocycles. The van der Waals surface area contributed by atoms with Crippen molar-refractivity contribution < 1.29 is 14.4 Å². The molecule has 6 heteroatoms. The van der Waals surface area contributed by atoms with Gasteiger partial charge in [0.2, 0.25) is 0 Å². The van der Waals surface area contributed by atoms with E-state index in [0.29, 0.717) is 5.69 Å². The molecule has 0 unspecified atom stereocenters. The number of nitrogens with zero attached hydrogens (tertiary/aromatic N) is 1. The molecule has 0 saturated heterocycles. The van der Waals surface area contributed by atoms with Gasteiger partial charge >= 0.3 is 0 Å². The Bertz CT molecular complexity index is 934. The Morgan fingerprint density at radius 1 is 1.00 bits per heavy atom. The third-order valence-corrected chi connectivity index (χ3v) is 3.72. The van der Waals surface area contributed by atoms with E-state index in [2.05, 4.69) is 5.32 Å². The van der Waals surface area contributed by atoms with Gasteiger partial charge in [-0.05, 0) is 42.0 Å². The Morgan fingerprint density at radius 3 is 2.42 bits per heavy atom. The summed E-state index contributed by atoms with van der Waals surface area (Å²) in [5.74, 6) is 0.258. The third-order valence-electron chi connectivity index (χ3n) is 3.72. The predicted molar refractivity (Wildman–Crippen MR) is 98.4 cm³/mol. The number of ether oxygens (including phenoxy) is 1. The van der Waals surface area contributed by atoms with Gasteiger partial charge in [-0.25, -0.2) is 0 Å². The van der Waals surface area contributed by atoms with Crippen molar-refractivity contribution in [1.82, 2.24) is 4.73 Å². The second-order valence-electron chi connectivity index (χ2n) is 5.49. The molecule has 1 aromatic heterocycles. The second-order valence-corrected chi connectivity index (χ2v) is 5.49. The van der Waals surface area contributed by atoms with Crippen LogP contribution in [0.25, 0.3) is 0 Å². The van der Waals surface area contributed by atoms with Crippen LogP contribution >= 0.6 is 0 Å². The molecule has 1 amide bonds. The molecule has 0 aliphatic rings. The number of hydrogen-bond donors (Lipinski definition) is 1. The summed E-state index contributed by atoms with van der Waals surface area (Å²) < 4.78 is 6.16. The largest absolute Gasteiger partial charge is 0.497 e. The molecule has 0 bridgehead atoms. The highest BCUT2D eigenvalue weighted by atomic mass is 16.7. The quantitative estimate of drug-likeness (QED) is 0.742. The lowest BCUT2D eigenvalue weighted by atomic mass is 10.2. The number of carbonyl (C=O) groups excluding carboxylic acids is 1. The van der Waals surface area contributed by atoms with E-state index in [4.69, 9.17) is 9.57 Å². The first-order valence-electron chi connectivity index (χ1n) is 8.01. The minimum Gasteiger partial charge on any atom is -0.497 e. The Labute approximate surface area is 150 Å². The zero-order chi connectivity index (χ0) is 18.4. The van der Waals surface area contributed by atoms with Gasteiger partial charge in [-0.2, -0.15) is 4.73 Å². The van der Waals surface area contributed by atoms with Gasteiger partial charge in [0, 0.05) is 11.9 Å². The van der Waals surface area contributed by atoms with Gasteiger partial charge in [0.05, 0.1) is 7.11 Å². The maximum absolute atomic E-state index is 12.5. The number of anilines is 1. The summed E-state index contributed by atoms with van der Waals surface area (Å²) in [6, 6.07) is 19.3. The summed E-state index contributed by atoms with van der Waals surface area (Å²) in [6.45, 7) is 0.188. The number of benzene rings is 2. The van der Waals surface area contributed by atoms with E-state index in [0.717, 1.165) is 16.0 Å². The molecule has 0 saturated carbocycles. The van der Waals surface area contributed by atoms with Gasteiger partial charge in [0.1, 0.15) is 17.9 Å². The highest BCUT2D eigenvalue weighted by Crippen LogP contribution is 2.11. The molecule has 6 nitrogen and oxygen atoms in total. The standard InChI is InChI=1S/C20H18N2O4/c1-25-17-11-9-15(10-12-17)14-26-22-13-5-8-18(20(22)24)19(23)21-16-6-3-2-4-7-16/h2-13H,14H2,1H3,(H,21,23). The normalized spacial score (nSPS) is 10.2. The minimum absolute atomic E-state index is 0.00563. The third kappa shape index (κ3) is 4.10. The van der Waals surface area contributed by atoms with Gasteiger partial charge < -0.3 is 14.9 Å². The maximum atomic E-state index is 12.5. The number of rotatable bonds is 6. The molecule has 3 rings (SSSR count). The van der Waals surface area contributed by atoms with Crippen molar-refractivity contribution in [2.24, 2.45) is 0 Å². The Hall–Kier alpha value is -3.54. The molecule has 1 N–H and O–H groups in total. The van der Waals surface area contributed by atoms with E-state index in [-0.39, 0.29) is 12.2 Å². The molecule has 26 heavy (non-hydrogen) atoms. The zero-order valence-corrected chi connectivity index (χ0v) is 14.2. The predicted octanol–water partition coefficient (Wildman–Crippen LogP) is 2.74. The first-order valence-corrected chi connectivity index (χ1v) is 8.01. The number of para-hydroxylation sites is 1. The van der Waals surface area contributed by atoms with Gasteiger partial charge in [-0.1, -0.05) is 30.3 Å². The summed E-state index contributed by atoms with van der Waals surface area (Å²) in [7, 11) is 1.59. The topological polar surface area (TPSA) is 69.6 Å². The van der Waals surface area contributed by atoms with E-state index in [1.54, 1.807) is 37.4 Å². The van der Waals surface area contributed by atoms with Crippen LogP contribution in [-0.2, 0) is 6.61 Å². The molecule has 0 atom stereocenters. The van der Waals surface area contributed by atoms with Crippen LogP contribution in [0.15, 0.2) is 77.7 Å². The average molecular weight is 350 g/mol. The minimum atomic E-state index is -0.519. The molecule has 0 fully saturated rings. The molecule has 3 aromatic rings. The van der Waals surface area contributed by atoms with Crippen molar-refractivity contribution in [3.63, 3.8) is 0 Å². The number of amides is 1. The van der Waals surface area contributed by atoms with E-state index >= 15 is 0 Å². The van der Waals surface area contributed by atoms with Crippen molar-refractivity contribution in [3.05, 3.63) is 94.4 Å². The van der Waals surface area contributed by atoms with Crippen molar-refractivity contribution in [3.8, 4) is 5.75 Å². The zero-order valence-electron chi connectivity index (χ0n) is 14.2. The molecule has 0 aliphatic carbocycles. The lowest BCUT2D eigenvalue weighted by Gasteiger charge is -2.10. The molecule has 0 spiro atoms. The van der Waals surface area contributed by atoms with Crippen LogP contribution in [-0.4, -0.2) is 17.7 Å². The van der Waals surface area contributed by atoms with Crippen molar-refractivity contribution in [2.45, 2.75) is 6.61 Å². The Morgan fingerprint density at radius 2 is 1.73 bits per heavy atom. The van der Waals surface area contributed by atoms with Gasteiger partial charge in [-0.3, -0.25) is 9.59 Å². The summed E-state index contributed by atoms with van der Waals surface area (Å²) in [5, 5.41) is 2.69. The highest BCUT2D eigenvalue weighted by molar-refractivity contribution is 6.03. The van der Waals surface area contributed by atoms with Crippen LogP contribution in [0, 0.1) is 0 Å². The monoisotopic (exact) mass is 350 g/mol. The van der Waals surface area contributed by atoms with E-state index in [1.807, 2.05) is 30.3 Å².